The van der Waals surface area contributed by atoms with Crippen molar-refractivity contribution in [3.8, 4) is 0 Å². The molecule has 102 valence electrons. The lowest BCUT2D eigenvalue weighted by molar-refractivity contribution is 0.0841. The first-order chi connectivity index (χ1) is 9.04. The first-order valence-corrected chi connectivity index (χ1v) is 7.01. The van der Waals surface area contributed by atoms with E-state index in [1.807, 2.05) is 0 Å². The normalized spacial score (nSPS) is 28.6. The summed E-state index contributed by atoms with van der Waals surface area (Å²) in [7, 11) is 0. The molecular formula is C13H14Cl2N2O2. The minimum absolute atomic E-state index is 0.0851. The van der Waals surface area contributed by atoms with Gasteiger partial charge in [-0.3, -0.25) is 4.79 Å². The SMILES string of the molecule is Nc1cc(C(=O)NC2CC3CCC2O3)cc(Cl)c1Cl. The molecule has 2 fully saturated rings. The second-order valence-electron chi connectivity index (χ2n) is 5.05. The lowest BCUT2D eigenvalue weighted by atomic mass is 9.95. The molecule has 2 heterocycles. The molecule has 0 aliphatic carbocycles. The highest BCUT2D eigenvalue weighted by Crippen LogP contribution is 2.35. The zero-order chi connectivity index (χ0) is 13.6. The predicted molar refractivity (Wildman–Crippen MR) is 74.6 cm³/mol. The van der Waals surface area contributed by atoms with Crippen LogP contribution in [-0.4, -0.2) is 24.2 Å². The minimum Gasteiger partial charge on any atom is -0.397 e. The van der Waals surface area contributed by atoms with Crippen LogP contribution in [0.2, 0.25) is 10.0 Å². The van der Waals surface area contributed by atoms with Crippen molar-refractivity contribution in [1.29, 1.82) is 0 Å². The number of anilines is 1. The summed E-state index contributed by atoms with van der Waals surface area (Å²) in [6.07, 6.45) is 3.44. The number of nitrogens with two attached hydrogens (primary N) is 1. The van der Waals surface area contributed by atoms with E-state index in [2.05, 4.69) is 5.32 Å². The van der Waals surface area contributed by atoms with Crippen molar-refractivity contribution in [2.45, 2.75) is 37.5 Å². The fourth-order valence-corrected chi connectivity index (χ4v) is 3.12. The third-order valence-corrected chi connectivity index (χ3v) is 4.56. The van der Waals surface area contributed by atoms with E-state index in [9.17, 15) is 4.79 Å². The molecule has 1 aromatic rings. The first-order valence-electron chi connectivity index (χ1n) is 6.25. The molecule has 2 aliphatic rings. The Labute approximate surface area is 121 Å². The van der Waals surface area contributed by atoms with Crippen LogP contribution in [0.25, 0.3) is 0 Å². The van der Waals surface area contributed by atoms with Crippen LogP contribution in [0.4, 0.5) is 5.69 Å². The Kier molecular flexibility index (Phi) is 3.33. The number of hydrogen-bond acceptors (Lipinski definition) is 3. The highest BCUT2D eigenvalue weighted by atomic mass is 35.5. The highest BCUT2D eigenvalue weighted by Gasteiger charge is 2.41. The molecule has 3 rings (SSSR count). The van der Waals surface area contributed by atoms with Gasteiger partial charge in [-0.2, -0.15) is 0 Å². The van der Waals surface area contributed by atoms with Crippen LogP contribution in [0.3, 0.4) is 0 Å². The molecule has 6 heteroatoms. The van der Waals surface area contributed by atoms with Crippen LogP contribution in [-0.2, 0) is 4.74 Å². The van der Waals surface area contributed by atoms with Crippen LogP contribution in [0, 0.1) is 0 Å². The van der Waals surface area contributed by atoms with Gasteiger partial charge in [-0.05, 0) is 31.4 Å². The Morgan fingerprint density at radius 3 is 2.74 bits per heavy atom. The van der Waals surface area contributed by atoms with Gasteiger partial charge < -0.3 is 15.8 Å². The molecule has 1 amide bonds. The number of nitrogens with one attached hydrogen (secondary N) is 1. The van der Waals surface area contributed by atoms with Gasteiger partial charge in [0.05, 0.1) is 34.0 Å². The molecule has 0 radical (unpaired) electrons. The number of hydrogen-bond donors (Lipinski definition) is 2. The average Bonchev–Trinajstić information content (AvgIpc) is 2.97. The molecule has 2 saturated heterocycles. The number of nitrogen functional groups attached to an aromatic ring is 1. The minimum atomic E-state index is -0.189. The van der Waals surface area contributed by atoms with Gasteiger partial charge >= 0.3 is 0 Å². The molecule has 3 unspecified atom stereocenters. The first kappa shape index (κ1) is 13.0. The number of carbonyl (C=O) groups excluding carboxylic acids is 1. The Morgan fingerprint density at radius 1 is 1.37 bits per heavy atom. The Morgan fingerprint density at radius 2 is 2.16 bits per heavy atom. The van der Waals surface area contributed by atoms with Crippen molar-refractivity contribution in [2.24, 2.45) is 0 Å². The van der Waals surface area contributed by atoms with Gasteiger partial charge in [-0.1, -0.05) is 23.2 Å². The van der Waals surface area contributed by atoms with Gasteiger partial charge in [0.2, 0.25) is 0 Å². The zero-order valence-electron chi connectivity index (χ0n) is 10.2. The number of ether oxygens (including phenoxy) is 1. The summed E-state index contributed by atoms with van der Waals surface area (Å²) in [6, 6.07) is 3.16. The van der Waals surface area contributed by atoms with Crippen molar-refractivity contribution in [3.63, 3.8) is 0 Å². The molecule has 0 spiro atoms. The quantitative estimate of drug-likeness (QED) is 0.825. The molecular weight excluding hydrogens is 287 g/mol. The standard InChI is InChI=1S/C13H14Cl2N2O2/c14-8-3-6(4-9(16)12(8)15)13(18)17-10-5-7-1-2-11(10)19-7/h3-4,7,10-11H,1-2,5,16H2,(H,17,18). The van der Waals surface area contributed by atoms with Crippen molar-refractivity contribution < 1.29 is 9.53 Å². The number of amides is 1. The summed E-state index contributed by atoms with van der Waals surface area (Å²) in [4.78, 5) is 12.2. The fourth-order valence-electron chi connectivity index (χ4n) is 2.78. The molecule has 3 atom stereocenters. The van der Waals surface area contributed by atoms with E-state index < -0.39 is 0 Å². The Bertz CT molecular complexity index is 512. The molecule has 3 N–H and O–H groups in total. The number of fused-ring (bicyclic) bond motifs is 2. The van der Waals surface area contributed by atoms with E-state index in [0.29, 0.717) is 17.4 Å². The summed E-state index contributed by atoms with van der Waals surface area (Å²) in [6.45, 7) is 0. The van der Waals surface area contributed by atoms with Gasteiger partial charge in [0.15, 0.2) is 0 Å². The largest absolute Gasteiger partial charge is 0.397 e. The Balaban J connectivity index is 1.74. The third-order valence-electron chi connectivity index (χ3n) is 3.74. The van der Waals surface area contributed by atoms with Crippen LogP contribution < -0.4 is 11.1 Å². The molecule has 2 aliphatic heterocycles. The second kappa shape index (κ2) is 4.85. The van der Waals surface area contributed by atoms with Crippen LogP contribution in [0.15, 0.2) is 12.1 Å². The molecule has 19 heavy (non-hydrogen) atoms. The van der Waals surface area contributed by atoms with Crippen molar-refractivity contribution >= 4 is 34.8 Å². The van der Waals surface area contributed by atoms with E-state index in [0.717, 1.165) is 19.3 Å². The number of carbonyl (C=O) groups is 1. The van der Waals surface area contributed by atoms with E-state index in [-0.39, 0.29) is 28.1 Å². The van der Waals surface area contributed by atoms with E-state index in [4.69, 9.17) is 33.7 Å². The topological polar surface area (TPSA) is 64.4 Å². The van der Waals surface area contributed by atoms with Gasteiger partial charge in [0, 0.05) is 5.56 Å². The van der Waals surface area contributed by atoms with Crippen molar-refractivity contribution in [3.05, 3.63) is 27.7 Å². The lowest BCUT2D eigenvalue weighted by Crippen LogP contribution is -2.41. The summed E-state index contributed by atoms with van der Waals surface area (Å²) in [5.74, 6) is -0.189. The maximum atomic E-state index is 12.2. The van der Waals surface area contributed by atoms with Crippen LogP contribution in [0.1, 0.15) is 29.6 Å². The van der Waals surface area contributed by atoms with E-state index in [1.165, 1.54) is 12.1 Å². The number of rotatable bonds is 2. The second-order valence-corrected chi connectivity index (χ2v) is 5.84. The van der Waals surface area contributed by atoms with Gasteiger partial charge in [0.1, 0.15) is 0 Å². The lowest BCUT2D eigenvalue weighted by Gasteiger charge is -2.20. The summed E-state index contributed by atoms with van der Waals surface area (Å²) in [5, 5.41) is 3.55. The van der Waals surface area contributed by atoms with E-state index >= 15 is 0 Å². The number of halogens is 2. The van der Waals surface area contributed by atoms with Gasteiger partial charge in [-0.15, -0.1) is 0 Å². The molecule has 4 nitrogen and oxygen atoms in total. The maximum Gasteiger partial charge on any atom is 0.251 e. The third kappa shape index (κ3) is 2.40. The Hall–Kier alpha value is -0.970. The molecule has 2 bridgehead atoms. The maximum absolute atomic E-state index is 12.2. The van der Waals surface area contributed by atoms with Crippen LogP contribution >= 0.6 is 23.2 Å². The molecule has 0 aromatic heterocycles. The molecule has 1 aromatic carbocycles. The highest BCUT2D eigenvalue weighted by molar-refractivity contribution is 6.43. The summed E-state index contributed by atoms with van der Waals surface area (Å²) in [5.41, 5.74) is 6.44. The van der Waals surface area contributed by atoms with Crippen LogP contribution in [0.5, 0.6) is 0 Å². The fraction of sp³-hybridized carbons (Fsp3) is 0.462. The zero-order valence-corrected chi connectivity index (χ0v) is 11.7. The molecule has 0 saturated carbocycles. The predicted octanol–water partition coefficient (Wildman–Crippen LogP) is 2.63. The smallest absolute Gasteiger partial charge is 0.251 e. The van der Waals surface area contributed by atoms with Gasteiger partial charge in [-0.25, -0.2) is 0 Å². The average molecular weight is 301 g/mol. The van der Waals surface area contributed by atoms with E-state index in [1.54, 1.807) is 0 Å². The van der Waals surface area contributed by atoms with Gasteiger partial charge in [0.25, 0.3) is 5.91 Å². The van der Waals surface area contributed by atoms with Crippen molar-refractivity contribution in [1.82, 2.24) is 5.32 Å². The summed E-state index contributed by atoms with van der Waals surface area (Å²) >= 11 is 11.8. The van der Waals surface area contributed by atoms with Crippen molar-refractivity contribution in [2.75, 3.05) is 5.73 Å². The summed E-state index contributed by atoms with van der Waals surface area (Å²) < 4.78 is 5.70. The number of benzene rings is 1. The monoisotopic (exact) mass is 300 g/mol.